The van der Waals surface area contributed by atoms with Crippen LogP contribution >= 0.6 is 0 Å². The van der Waals surface area contributed by atoms with Gasteiger partial charge in [-0.2, -0.15) is 9.29 Å². The van der Waals surface area contributed by atoms with E-state index in [1.165, 1.54) is 23.4 Å². The first-order chi connectivity index (χ1) is 15.8. The van der Waals surface area contributed by atoms with E-state index in [0.29, 0.717) is 47.3 Å². The lowest BCUT2D eigenvalue weighted by atomic mass is 10.00. The van der Waals surface area contributed by atoms with E-state index in [4.69, 9.17) is 14.0 Å². The molecule has 174 valence electrons. The second-order valence-electron chi connectivity index (χ2n) is 7.81. The molecule has 0 spiro atoms. The summed E-state index contributed by atoms with van der Waals surface area (Å²) in [5.41, 5.74) is 1.06. The van der Waals surface area contributed by atoms with Crippen LogP contribution in [-0.2, 0) is 10.0 Å². The van der Waals surface area contributed by atoms with Crippen molar-refractivity contribution >= 4 is 15.8 Å². The molecule has 0 radical (unpaired) electrons. The smallest absolute Gasteiger partial charge is 0.243 e. The molecule has 33 heavy (non-hydrogen) atoms. The fourth-order valence-corrected chi connectivity index (χ4v) is 5.45. The molecule has 1 aromatic heterocycles. The van der Waals surface area contributed by atoms with Gasteiger partial charge in [-0.3, -0.25) is 4.79 Å². The van der Waals surface area contributed by atoms with Gasteiger partial charge in [0.15, 0.2) is 17.3 Å². The second-order valence-corrected chi connectivity index (χ2v) is 9.75. The first-order valence-corrected chi connectivity index (χ1v) is 11.9. The SMILES string of the molecule is COc1ccc(-c2noc([C@@H]3CCCN(S(=O)(=O)c4cccc(C(C)=O)c4)C3)n2)cc1OC. The number of carbonyl (C=O) groups is 1. The van der Waals surface area contributed by atoms with Crippen molar-refractivity contribution in [3.8, 4) is 22.9 Å². The number of benzene rings is 2. The summed E-state index contributed by atoms with van der Waals surface area (Å²) in [7, 11) is -0.653. The number of hydrogen-bond acceptors (Lipinski definition) is 8. The van der Waals surface area contributed by atoms with Gasteiger partial charge < -0.3 is 14.0 Å². The van der Waals surface area contributed by atoms with Crippen LogP contribution in [0, 0.1) is 0 Å². The van der Waals surface area contributed by atoms with Gasteiger partial charge in [0.1, 0.15) is 0 Å². The molecule has 0 unspecified atom stereocenters. The summed E-state index contributed by atoms with van der Waals surface area (Å²) in [4.78, 5) is 16.3. The van der Waals surface area contributed by atoms with Gasteiger partial charge in [0, 0.05) is 24.2 Å². The van der Waals surface area contributed by atoms with Gasteiger partial charge in [0.25, 0.3) is 0 Å². The number of rotatable bonds is 7. The summed E-state index contributed by atoms with van der Waals surface area (Å²) >= 11 is 0. The first kappa shape index (κ1) is 22.9. The molecule has 0 aliphatic carbocycles. The quantitative estimate of drug-likeness (QED) is 0.481. The predicted octanol–water partition coefficient (Wildman–Crippen LogP) is 3.52. The Morgan fingerprint density at radius 3 is 2.64 bits per heavy atom. The highest BCUT2D eigenvalue weighted by Crippen LogP contribution is 2.33. The summed E-state index contributed by atoms with van der Waals surface area (Å²) in [5.74, 6) is 1.50. The van der Waals surface area contributed by atoms with Crippen LogP contribution in [0.15, 0.2) is 51.9 Å². The number of methoxy groups -OCH3 is 2. The van der Waals surface area contributed by atoms with Gasteiger partial charge in [0.2, 0.25) is 21.7 Å². The van der Waals surface area contributed by atoms with Crippen molar-refractivity contribution < 1.29 is 27.2 Å². The van der Waals surface area contributed by atoms with Crippen molar-refractivity contribution in [3.05, 3.63) is 53.9 Å². The van der Waals surface area contributed by atoms with Crippen LogP contribution in [0.25, 0.3) is 11.4 Å². The highest BCUT2D eigenvalue weighted by atomic mass is 32.2. The van der Waals surface area contributed by atoms with Crippen molar-refractivity contribution in [2.75, 3.05) is 27.3 Å². The molecule has 9 nitrogen and oxygen atoms in total. The minimum absolute atomic E-state index is 0.104. The number of piperidine rings is 1. The van der Waals surface area contributed by atoms with E-state index in [-0.39, 0.29) is 23.1 Å². The normalized spacial score (nSPS) is 17.0. The van der Waals surface area contributed by atoms with Crippen LogP contribution in [0.5, 0.6) is 11.5 Å². The number of carbonyl (C=O) groups excluding carboxylic acids is 1. The van der Waals surface area contributed by atoms with E-state index in [2.05, 4.69) is 10.1 Å². The maximum atomic E-state index is 13.2. The van der Waals surface area contributed by atoms with Crippen LogP contribution in [0.3, 0.4) is 0 Å². The Kier molecular flexibility index (Phi) is 6.48. The minimum atomic E-state index is -3.76. The molecule has 1 aliphatic rings. The van der Waals surface area contributed by atoms with E-state index < -0.39 is 10.0 Å². The zero-order valence-corrected chi connectivity index (χ0v) is 19.5. The minimum Gasteiger partial charge on any atom is -0.493 e. The Hall–Kier alpha value is -3.24. The molecule has 2 aromatic carbocycles. The number of ketones is 1. The van der Waals surface area contributed by atoms with E-state index in [0.717, 1.165) is 6.42 Å². The van der Waals surface area contributed by atoms with Gasteiger partial charge in [-0.15, -0.1) is 0 Å². The number of ether oxygens (including phenoxy) is 2. The molecule has 4 rings (SSSR count). The van der Waals surface area contributed by atoms with E-state index in [9.17, 15) is 13.2 Å². The first-order valence-electron chi connectivity index (χ1n) is 10.5. The molecule has 1 fully saturated rings. The zero-order chi connectivity index (χ0) is 23.6. The molecule has 3 aromatic rings. The van der Waals surface area contributed by atoms with Crippen molar-refractivity contribution in [3.63, 3.8) is 0 Å². The van der Waals surface area contributed by atoms with Gasteiger partial charge in [-0.25, -0.2) is 8.42 Å². The number of hydrogen-bond donors (Lipinski definition) is 0. The standard InChI is InChI=1S/C23H25N3O6S/c1-15(27)16-6-4-8-19(12-16)33(28,29)26-11-5-7-18(14-26)23-24-22(25-32-23)17-9-10-20(30-2)21(13-17)31-3/h4,6,8-10,12-13,18H,5,7,11,14H2,1-3H3/t18-/m1/s1. The maximum absolute atomic E-state index is 13.2. The summed E-state index contributed by atoms with van der Waals surface area (Å²) < 4.78 is 44.0. The lowest BCUT2D eigenvalue weighted by Gasteiger charge is -2.30. The maximum Gasteiger partial charge on any atom is 0.243 e. The Balaban J connectivity index is 1.56. The fraction of sp³-hybridized carbons (Fsp3) is 0.348. The highest BCUT2D eigenvalue weighted by Gasteiger charge is 2.33. The van der Waals surface area contributed by atoms with E-state index >= 15 is 0 Å². The van der Waals surface area contributed by atoms with Gasteiger partial charge in [-0.05, 0) is 50.1 Å². The van der Waals surface area contributed by atoms with Gasteiger partial charge in [-0.1, -0.05) is 17.3 Å². The number of Topliss-reactive ketones (excluding diaryl/α,β-unsaturated/α-hetero) is 1. The second kappa shape index (κ2) is 9.32. The Bertz CT molecular complexity index is 1270. The molecular weight excluding hydrogens is 446 g/mol. The van der Waals surface area contributed by atoms with Crippen LogP contribution in [0.1, 0.15) is 41.9 Å². The van der Waals surface area contributed by atoms with Crippen LogP contribution in [0.2, 0.25) is 0 Å². The van der Waals surface area contributed by atoms with Crippen LogP contribution in [0.4, 0.5) is 0 Å². The third-order valence-corrected chi connectivity index (χ3v) is 7.56. The summed E-state index contributed by atoms with van der Waals surface area (Å²) in [6, 6.07) is 11.4. The van der Waals surface area contributed by atoms with Gasteiger partial charge >= 0.3 is 0 Å². The Morgan fingerprint density at radius 2 is 1.91 bits per heavy atom. The average molecular weight is 472 g/mol. The van der Waals surface area contributed by atoms with E-state index in [1.807, 2.05) is 0 Å². The number of nitrogens with zero attached hydrogens (tertiary/aromatic N) is 3. The largest absolute Gasteiger partial charge is 0.493 e. The Labute approximate surface area is 192 Å². The molecule has 1 aliphatic heterocycles. The zero-order valence-electron chi connectivity index (χ0n) is 18.6. The van der Waals surface area contributed by atoms with Crippen molar-refractivity contribution in [1.82, 2.24) is 14.4 Å². The summed E-state index contributed by atoms with van der Waals surface area (Å²) in [5, 5.41) is 4.08. The van der Waals surface area contributed by atoms with Crippen LogP contribution < -0.4 is 9.47 Å². The molecule has 0 bridgehead atoms. The van der Waals surface area contributed by atoms with Crippen molar-refractivity contribution in [2.45, 2.75) is 30.6 Å². The molecule has 1 atom stereocenters. The monoisotopic (exact) mass is 471 g/mol. The van der Waals surface area contributed by atoms with E-state index in [1.54, 1.807) is 44.6 Å². The molecular formula is C23H25N3O6S. The topological polar surface area (TPSA) is 112 Å². The average Bonchev–Trinajstić information content (AvgIpc) is 3.34. The molecule has 0 saturated carbocycles. The third kappa shape index (κ3) is 4.62. The number of sulfonamides is 1. The molecule has 0 N–H and O–H groups in total. The third-order valence-electron chi connectivity index (χ3n) is 5.70. The predicted molar refractivity (Wildman–Crippen MR) is 120 cm³/mol. The van der Waals surface area contributed by atoms with Crippen molar-refractivity contribution in [2.24, 2.45) is 0 Å². The summed E-state index contributed by atoms with van der Waals surface area (Å²) in [6.45, 7) is 2.02. The molecule has 1 saturated heterocycles. The molecule has 2 heterocycles. The lowest BCUT2D eigenvalue weighted by molar-refractivity contribution is 0.101. The Morgan fingerprint density at radius 1 is 1.12 bits per heavy atom. The van der Waals surface area contributed by atoms with Crippen LogP contribution in [-0.4, -0.2) is 56.0 Å². The highest BCUT2D eigenvalue weighted by molar-refractivity contribution is 7.89. The fourth-order valence-electron chi connectivity index (χ4n) is 3.88. The lowest BCUT2D eigenvalue weighted by Crippen LogP contribution is -2.39. The summed E-state index contributed by atoms with van der Waals surface area (Å²) in [6.07, 6.45) is 1.39. The molecule has 0 amide bonds. The van der Waals surface area contributed by atoms with Crippen molar-refractivity contribution in [1.29, 1.82) is 0 Å². The molecule has 10 heteroatoms. The number of aromatic nitrogens is 2. The van der Waals surface area contributed by atoms with Gasteiger partial charge in [0.05, 0.1) is 25.0 Å².